The molecule has 0 unspecified atom stereocenters. The molecule has 0 aliphatic carbocycles. The van der Waals surface area contributed by atoms with Crippen molar-refractivity contribution in [2.75, 3.05) is 67.1 Å². The standard InChI is InChI=1S/C20H26N6O/c1-17-3-2-4-18(15-17)24-11-13-25(14-12-24)19-5-6-21-20(22-19)26-9-7-23(16-27)8-10-26/h2-6,15-16H,7-14H2,1H3. The van der Waals surface area contributed by atoms with Gasteiger partial charge in [0.1, 0.15) is 5.82 Å². The van der Waals surface area contributed by atoms with Crippen LogP contribution in [0.25, 0.3) is 0 Å². The molecule has 0 radical (unpaired) electrons. The Kier molecular flexibility index (Phi) is 5.09. The van der Waals surface area contributed by atoms with Gasteiger partial charge in [-0.1, -0.05) is 12.1 Å². The van der Waals surface area contributed by atoms with E-state index in [9.17, 15) is 4.79 Å². The van der Waals surface area contributed by atoms with E-state index in [1.165, 1.54) is 11.3 Å². The molecule has 1 amide bonds. The Labute approximate surface area is 160 Å². The number of hydrogen-bond donors (Lipinski definition) is 0. The zero-order valence-electron chi connectivity index (χ0n) is 15.8. The second-order valence-corrected chi connectivity index (χ2v) is 7.16. The van der Waals surface area contributed by atoms with Crippen LogP contribution in [0.2, 0.25) is 0 Å². The first-order valence-electron chi connectivity index (χ1n) is 9.57. The van der Waals surface area contributed by atoms with Gasteiger partial charge in [0.2, 0.25) is 12.4 Å². The van der Waals surface area contributed by atoms with Gasteiger partial charge in [0.25, 0.3) is 0 Å². The van der Waals surface area contributed by atoms with Gasteiger partial charge < -0.3 is 19.6 Å². The molecule has 142 valence electrons. The van der Waals surface area contributed by atoms with Crippen molar-refractivity contribution in [2.45, 2.75) is 6.92 Å². The fraction of sp³-hybridized carbons (Fsp3) is 0.450. The van der Waals surface area contributed by atoms with Gasteiger partial charge in [-0.15, -0.1) is 0 Å². The smallest absolute Gasteiger partial charge is 0.227 e. The van der Waals surface area contributed by atoms with E-state index in [4.69, 9.17) is 4.98 Å². The Balaban J connectivity index is 1.39. The lowest BCUT2D eigenvalue weighted by molar-refractivity contribution is -0.118. The molecule has 0 saturated carbocycles. The Bertz CT molecular complexity index is 782. The Morgan fingerprint density at radius 3 is 2.30 bits per heavy atom. The van der Waals surface area contributed by atoms with Crippen molar-refractivity contribution in [1.82, 2.24) is 14.9 Å². The largest absolute Gasteiger partial charge is 0.368 e. The van der Waals surface area contributed by atoms with Crippen LogP contribution in [-0.2, 0) is 4.79 Å². The molecule has 2 aliphatic rings. The van der Waals surface area contributed by atoms with Crippen LogP contribution in [0.3, 0.4) is 0 Å². The summed E-state index contributed by atoms with van der Waals surface area (Å²) in [5, 5.41) is 0. The number of rotatable bonds is 4. The first-order chi connectivity index (χ1) is 13.2. The average molecular weight is 366 g/mol. The maximum absolute atomic E-state index is 10.9. The summed E-state index contributed by atoms with van der Waals surface area (Å²) in [6.45, 7) is 9.02. The lowest BCUT2D eigenvalue weighted by atomic mass is 10.2. The molecule has 2 fully saturated rings. The highest BCUT2D eigenvalue weighted by Crippen LogP contribution is 2.21. The maximum Gasteiger partial charge on any atom is 0.227 e. The van der Waals surface area contributed by atoms with E-state index in [0.29, 0.717) is 0 Å². The van der Waals surface area contributed by atoms with Crippen molar-refractivity contribution in [3.63, 3.8) is 0 Å². The molecule has 2 aromatic rings. The maximum atomic E-state index is 10.9. The van der Waals surface area contributed by atoms with E-state index in [1.807, 2.05) is 12.3 Å². The van der Waals surface area contributed by atoms with Crippen LogP contribution in [-0.4, -0.2) is 73.6 Å². The monoisotopic (exact) mass is 366 g/mol. The quantitative estimate of drug-likeness (QED) is 0.763. The van der Waals surface area contributed by atoms with Crippen molar-refractivity contribution in [3.8, 4) is 0 Å². The molecule has 2 saturated heterocycles. The zero-order chi connectivity index (χ0) is 18.6. The molecule has 1 aromatic carbocycles. The van der Waals surface area contributed by atoms with Gasteiger partial charge in [-0.3, -0.25) is 4.79 Å². The highest BCUT2D eigenvalue weighted by atomic mass is 16.1. The minimum Gasteiger partial charge on any atom is -0.368 e. The predicted octanol–water partition coefficient (Wildman–Crippen LogP) is 1.39. The summed E-state index contributed by atoms with van der Waals surface area (Å²) < 4.78 is 0. The second kappa shape index (κ2) is 7.82. The van der Waals surface area contributed by atoms with Crippen LogP contribution in [0, 0.1) is 6.92 Å². The predicted molar refractivity (Wildman–Crippen MR) is 107 cm³/mol. The summed E-state index contributed by atoms with van der Waals surface area (Å²) in [5.74, 6) is 1.75. The number of aromatic nitrogens is 2. The molecule has 0 atom stereocenters. The highest BCUT2D eigenvalue weighted by molar-refractivity contribution is 5.52. The fourth-order valence-corrected chi connectivity index (χ4v) is 3.71. The number of hydrogen-bond acceptors (Lipinski definition) is 6. The molecule has 3 heterocycles. The van der Waals surface area contributed by atoms with Crippen LogP contribution in [0.1, 0.15) is 5.56 Å². The minimum absolute atomic E-state index is 0.728. The van der Waals surface area contributed by atoms with E-state index >= 15 is 0 Å². The molecule has 27 heavy (non-hydrogen) atoms. The summed E-state index contributed by atoms with van der Waals surface area (Å²) in [6.07, 6.45) is 2.76. The molecule has 2 aliphatic heterocycles. The van der Waals surface area contributed by atoms with Crippen molar-refractivity contribution in [2.24, 2.45) is 0 Å². The van der Waals surface area contributed by atoms with Crippen LogP contribution in [0.4, 0.5) is 17.5 Å². The third-order valence-corrected chi connectivity index (χ3v) is 5.34. The van der Waals surface area contributed by atoms with Gasteiger partial charge >= 0.3 is 0 Å². The number of aryl methyl sites for hydroxylation is 1. The Morgan fingerprint density at radius 1 is 0.889 bits per heavy atom. The van der Waals surface area contributed by atoms with Gasteiger partial charge in [0.05, 0.1) is 0 Å². The normalized spacial score (nSPS) is 18.0. The minimum atomic E-state index is 0.728. The van der Waals surface area contributed by atoms with Gasteiger partial charge in [-0.25, -0.2) is 4.98 Å². The van der Waals surface area contributed by atoms with Crippen molar-refractivity contribution >= 4 is 23.9 Å². The molecule has 0 bridgehead atoms. The van der Waals surface area contributed by atoms with Gasteiger partial charge in [-0.05, 0) is 30.7 Å². The van der Waals surface area contributed by atoms with E-state index in [1.54, 1.807) is 4.90 Å². The summed E-state index contributed by atoms with van der Waals surface area (Å²) >= 11 is 0. The van der Waals surface area contributed by atoms with E-state index in [-0.39, 0.29) is 0 Å². The number of benzene rings is 1. The third-order valence-electron chi connectivity index (χ3n) is 5.34. The van der Waals surface area contributed by atoms with Gasteiger partial charge in [0.15, 0.2) is 0 Å². The summed E-state index contributed by atoms with van der Waals surface area (Å²) in [6, 6.07) is 10.7. The molecule has 7 nitrogen and oxygen atoms in total. The molecule has 0 spiro atoms. The number of amides is 1. The summed E-state index contributed by atoms with van der Waals surface area (Å²) in [4.78, 5) is 28.8. The Morgan fingerprint density at radius 2 is 1.59 bits per heavy atom. The first kappa shape index (κ1) is 17.6. The van der Waals surface area contributed by atoms with Crippen LogP contribution in [0.15, 0.2) is 36.5 Å². The van der Waals surface area contributed by atoms with Crippen molar-refractivity contribution in [3.05, 3.63) is 42.1 Å². The fourth-order valence-electron chi connectivity index (χ4n) is 3.71. The number of piperazine rings is 2. The lowest BCUT2D eigenvalue weighted by Crippen LogP contribution is -2.48. The summed E-state index contributed by atoms with van der Waals surface area (Å²) in [5.41, 5.74) is 2.59. The molecule has 4 rings (SSSR count). The molecule has 7 heteroatoms. The van der Waals surface area contributed by atoms with Crippen molar-refractivity contribution < 1.29 is 4.79 Å². The first-order valence-corrected chi connectivity index (χ1v) is 9.57. The van der Waals surface area contributed by atoms with Gasteiger partial charge in [0, 0.05) is 64.2 Å². The summed E-state index contributed by atoms with van der Waals surface area (Å²) in [7, 11) is 0. The number of anilines is 3. The van der Waals surface area contributed by atoms with Gasteiger partial charge in [-0.2, -0.15) is 4.98 Å². The lowest BCUT2D eigenvalue weighted by Gasteiger charge is -2.37. The molecule has 1 aromatic heterocycles. The van der Waals surface area contributed by atoms with E-state index in [2.05, 4.69) is 50.9 Å². The van der Waals surface area contributed by atoms with Crippen LogP contribution >= 0.6 is 0 Å². The van der Waals surface area contributed by atoms with E-state index in [0.717, 1.165) is 70.5 Å². The SMILES string of the molecule is Cc1cccc(N2CCN(c3ccnc(N4CCN(C=O)CC4)n3)CC2)c1. The topological polar surface area (TPSA) is 55.8 Å². The number of nitrogens with zero attached hydrogens (tertiary/aromatic N) is 6. The van der Waals surface area contributed by atoms with Crippen LogP contribution in [0.5, 0.6) is 0 Å². The number of carbonyl (C=O) groups is 1. The zero-order valence-corrected chi connectivity index (χ0v) is 15.8. The second-order valence-electron chi connectivity index (χ2n) is 7.16. The average Bonchev–Trinajstić information content (AvgIpc) is 2.74. The molecule has 0 N–H and O–H groups in total. The van der Waals surface area contributed by atoms with E-state index < -0.39 is 0 Å². The number of carbonyl (C=O) groups excluding carboxylic acids is 1. The third kappa shape index (κ3) is 3.97. The van der Waals surface area contributed by atoms with Crippen molar-refractivity contribution in [1.29, 1.82) is 0 Å². The highest BCUT2D eigenvalue weighted by Gasteiger charge is 2.21. The molecular formula is C20H26N6O. The molecular weight excluding hydrogens is 340 g/mol. The Hall–Kier alpha value is -2.83. The van der Waals surface area contributed by atoms with Crippen LogP contribution < -0.4 is 14.7 Å².